The summed E-state index contributed by atoms with van der Waals surface area (Å²) in [5, 5.41) is 19.8. The van der Waals surface area contributed by atoms with Crippen LogP contribution in [0.2, 0.25) is 0 Å². The second kappa shape index (κ2) is 16.0. The smallest absolute Gasteiger partial charge is 0.340 e. The SMILES string of the molecule is C[C@@H](O)CCC1OCCOC1CCCC=Cc1cc(OCc2ccccc2)cc(OCc2ccccc2)c1C(=O)O. The molecule has 0 saturated carbocycles. The first kappa shape index (κ1) is 30.3. The van der Waals surface area contributed by atoms with Crippen LogP contribution in [0.15, 0.2) is 78.9 Å². The third kappa shape index (κ3) is 9.74. The van der Waals surface area contributed by atoms with Crippen molar-refractivity contribution in [3.8, 4) is 11.5 Å². The Labute approximate surface area is 242 Å². The van der Waals surface area contributed by atoms with Gasteiger partial charge in [0.15, 0.2) is 0 Å². The van der Waals surface area contributed by atoms with E-state index < -0.39 is 5.97 Å². The van der Waals surface area contributed by atoms with Crippen LogP contribution in [-0.4, -0.2) is 47.7 Å². The molecule has 3 aromatic carbocycles. The summed E-state index contributed by atoms with van der Waals surface area (Å²) < 4.78 is 24.0. The second-order valence-electron chi connectivity index (χ2n) is 10.3. The summed E-state index contributed by atoms with van der Waals surface area (Å²) in [6, 6.07) is 22.9. The second-order valence-corrected chi connectivity index (χ2v) is 10.3. The van der Waals surface area contributed by atoms with Crippen molar-refractivity contribution in [2.24, 2.45) is 0 Å². The van der Waals surface area contributed by atoms with E-state index in [1.165, 1.54) is 0 Å². The lowest BCUT2D eigenvalue weighted by Crippen LogP contribution is -2.38. The Morgan fingerprint density at radius 3 is 2.15 bits per heavy atom. The van der Waals surface area contributed by atoms with Gasteiger partial charge in [-0.1, -0.05) is 72.8 Å². The topological polar surface area (TPSA) is 94.5 Å². The van der Waals surface area contributed by atoms with E-state index in [1.807, 2.05) is 72.8 Å². The molecule has 7 nitrogen and oxygen atoms in total. The van der Waals surface area contributed by atoms with Gasteiger partial charge in [-0.25, -0.2) is 4.79 Å². The molecule has 0 radical (unpaired) electrons. The summed E-state index contributed by atoms with van der Waals surface area (Å²) in [6.07, 6.45) is 7.32. The van der Waals surface area contributed by atoms with E-state index in [0.29, 0.717) is 37.6 Å². The number of allylic oxidation sites excluding steroid dienone is 1. The van der Waals surface area contributed by atoms with Crippen LogP contribution < -0.4 is 9.47 Å². The highest BCUT2D eigenvalue weighted by molar-refractivity contribution is 5.95. The molecule has 1 saturated heterocycles. The number of carbonyl (C=O) groups is 1. The van der Waals surface area contributed by atoms with Crippen LogP contribution in [0.4, 0.5) is 0 Å². The summed E-state index contributed by atoms with van der Waals surface area (Å²) in [5.41, 5.74) is 2.58. The molecule has 1 aliphatic heterocycles. The van der Waals surface area contributed by atoms with Crippen LogP contribution in [-0.2, 0) is 22.7 Å². The lowest BCUT2D eigenvalue weighted by Gasteiger charge is -2.32. The minimum absolute atomic E-state index is 0.00168. The first-order chi connectivity index (χ1) is 20.0. The average Bonchev–Trinajstić information content (AvgIpc) is 2.99. The largest absolute Gasteiger partial charge is 0.489 e. The number of hydrogen-bond donors (Lipinski definition) is 2. The highest BCUT2D eigenvalue weighted by Gasteiger charge is 2.26. The molecule has 0 aliphatic carbocycles. The van der Waals surface area contributed by atoms with E-state index in [2.05, 4.69) is 0 Å². The summed E-state index contributed by atoms with van der Waals surface area (Å²) in [4.78, 5) is 12.4. The van der Waals surface area contributed by atoms with Crippen molar-refractivity contribution in [3.63, 3.8) is 0 Å². The Morgan fingerprint density at radius 2 is 1.54 bits per heavy atom. The zero-order chi connectivity index (χ0) is 28.9. The molecule has 7 heteroatoms. The van der Waals surface area contributed by atoms with Crippen molar-refractivity contribution in [2.45, 2.75) is 70.6 Å². The number of rotatable bonds is 15. The van der Waals surface area contributed by atoms with Crippen molar-refractivity contribution in [1.82, 2.24) is 0 Å². The number of hydrogen-bond acceptors (Lipinski definition) is 6. The van der Waals surface area contributed by atoms with Gasteiger partial charge >= 0.3 is 5.97 Å². The number of carboxylic acid groups (broad SMARTS) is 1. The zero-order valence-corrected chi connectivity index (χ0v) is 23.6. The lowest BCUT2D eigenvalue weighted by molar-refractivity contribution is -0.146. The predicted octanol–water partition coefficient (Wildman–Crippen LogP) is 6.67. The van der Waals surface area contributed by atoms with Crippen LogP contribution in [0.1, 0.15) is 66.1 Å². The quantitative estimate of drug-likeness (QED) is 0.201. The highest BCUT2D eigenvalue weighted by Crippen LogP contribution is 2.32. The molecule has 1 aliphatic rings. The summed E-state index contributed by atoms with van der Waals surface area (Å²) >= 11 is 0. The van der Waals surface area contributed by atoms with E-state index >= 15 is 0 Å². The van der Waals surface area contributed by atoms with Crippen LogP contribution in [0.5, 0.6) is 11.5 Å². The fourth-order valence-corrected chi connectivity index (χ4v) is 4.85. The number of unbranched alkanes of at least 4 members (excludes halogenated alkanes) is 1. The Kier molecular flexibility index (Phi) is 11.8. The van der Waals surface area contributed by atoms with Gasteiger partial charge in [0, 0.05) is 6.07 Å². The molecule has 218 valence electrons. The zero-order valence-electron chi connectivity index (χ0n) is 23.6. The van der Waals surface area contributed by atoms with Crippen molar-refractivity contribution in [3.05, 3.63) is 101 Å². The maximum Gasteiger partial charge on any atom is 0.340 e. The molecule has 3 aromatic rings. The standard InChI is InChI=1S/C34H40O7/c1-25(35)17-18-31-30(38-19-20-39-31)16-10-4-9-15-28-21-29(40-23-26-11-5-2-6-12-26)22-32(33(28)34(36)37)41-24-27-13-7-3-8-14-27/h2-3,5-9,11-15,21-22,25,30-31,35H,4,10,16-20,23-24H2,1H3,(H,36,37)/t25-,30?,31?/m1/s1. The van der Waals surface area contributed by atoms with Crippen LogP contribution in [0.3, 0.4) is 0 Å². The van der Waals surface area contributed by atoms with Crippen molar-refractivity contribution in [2.75, 3.05) is 13.2 Å². The third-order valence-electron chi connectivity index (χ3n) is 6.99. The Balaban J connectivity index is 1.46. The van der Waals surface area contributed by atoms with Crippen LogP contribution in [0.25, 0.3) is 6.08 Å². The third-order valence-corrected chi connectivity index (χ3v) is 6.99. The minimum Gasteiger partial charge on any atom is -0.489 e. The molecule has 2 unspecified atom stereocenters. The van der Waals surface area contributed by atoms with Gasteiger partial charge < -0.3 is 29.2 Å². The first-order valence-electron chi connectivity index (χ1n) is 14.3. The van der Waals surface area contributed by atoms with Gasteiger partial charge in [0.2, 0.25) is 0 Å². The van der Waals surface area contributed by atoms with Gasteiger partial charge in [-0.05, 0) is 61.8 Å². The van der Waals surface area contributed by atoms with E-state index in [-0.39, 0.29) is 36.2 Å². The molecule has 0 spiro atoms. The lowest BCUT2D eigenvalue weighted by atomic mass is 10.00. The number of aliphatic hydroxyl groups is 1. The van der Waals surface area contributed by atoms with Crippen molar-refractivity contribution in [1.29, 1.82) is 0 Å². The molecule has 3 atom stereocenters. The van der Waals surface area contributed by atoms with E-state index in [1.54, 1.807) is 19.1 Å². The van der Waals surface area contributed by atoms with Gasteiger partial charge in [0.25, 0.3) is 0 Å². The summed E-state index contributed by atoms with van der Waals surface area (Å²) in [5.74, 6) is -0.258. The minimum atomic E-state index is -1.06. The number of aliphatic hydroxyl groups excluding tert-OH is 1. The fraction of sp³-hybridized carbons (Fsp3) is 0.382. The van der Waals surface area contributed by atoms with E-state index in [0.717, 1.165) is 36.8 Å². The number of benzene rings is 3. The molecule has 1 heterocycles. The van der Waals surface area contributed by atoms with E-state index in [4.69, 9.17) is 18.9 Å². The number of aromatic carboxylic acids is 1. The van der Waals surface area contributed by atoms with Gasteiger partial charge in [-0.3, -0.25) is 0 Å². The van der Waals surface area contributed by atoms with Gasteiger partial charge in [-0.2, -0.15) is 0 Å². The molecule has 41 heavy (non-hydrogen) atoms. The predicted molar refractivity (Wildman–Crippen MR) is 158 cm³/mol. The summed E-state index contributed by atoms with van der Waals surface area (Å²) in [7, 11) is 0. The molecule has 0 aromatic heterocycles. The maximum atomic E-state index is 12.4. The molecule has 1 fully saturated rings. The molecule has 0 amide bonds. The Morgan fingerprint density at radius 1 is 0.927 bits per heavy atom. The van der Waals surface area contributed by atoms with Crippen molar-refractivity contribution < 1.29 is 34.0 Å². The maximum absolute atomic E-state index is 12.4. The molecule has 4 rings (SSSR count). The first-order valence-corrected chi connectivity index (χ1v) is 14.3. The highest BCUT2D eigenvalue weighted by atomic mass is 16.6. The van der Waals surface area contributed by atoms with Crippen LogP contribution >= 0.6 is 0 Å². The van der Waals surface area contributed by atoms with Gasteiger partial charge in [-0.15, -0.1) is 0 Å². The molecule has 2 N–H and O–H groups in total. The Bertz CT molecular complexity index is 1240. The number of carboxylic acids is 1. The molecular weight excluding hydrogens is 520 g/mol. The van der Waals surface area contributed by atoms with Gasteiger partial charge in [0.05, 0.1) is 31.5 Å². The number of ether oxygens (including phenoxy) is 4. The summed E-state index contributed by atoms with van der Waals surface area (Å²) in [6.45, 7) is 3.54. The van der Waals surface area contributed by atoms with Crippen LogP contribution in [0, 0.1) is 0 Å². The van der Waals surface area contributed by atoms with Gasteiger partial charge in [0.1, 0.15) is 30.3 Å². The molecular formula is C34H40O7. The normalized spacial score (nSPS) is 17.8. The fourth-order valence-electron chi connectivity index (χ4n) is 4.85. The van der Waals surface area contributed by atoms with E-state index in [9.17, 15) is 15.0 Å². The monoisotopic (exact) mass is 560 g/mol. The Hall–Kier alpha value is -3.65. The average molecular weight is 561 g/mol. The molecule has 0 bridgehead atoms. The van der Waals surface area contributed by atoms with Crippen molar-refractivity contribution >= 4 is 12.0 Å².